The van der Waals surface area contributed by atoms with Crippen LogP contribution in [0.2, 0.25) is 0 Å². The summed E-state index contributed by atoms with van der Waals surface area (Å²) >= 11 is 0. The summed E-state index contributed by atoms with van der Waals surface area (Å²) in [5.74, 6) is -1.51. The van der Waals surface area contributed by atoms with E-state index in [2.05, 4.69) is 32.9 Å². The van der Waals surface area contributed by atoms with Crippen molar-refractivity contribution in [1.82, 2.24) is 0 Å². The summed E-state index contributed by atoms with van der Waals surface area (Å²) in [7, 11) is 0. The molecule has 0 aromatic rings. The Balaban J connectivity index is 2.54. The minimum absolute atomic E-state index is 0.688. The van der Waals surface area contributed by atoms with Gasteiger partial charge in [0.1, 0.15) is 18.3 Å². The first kappa shape index (κ1) is 25.5. The van der Waals surface area contributed by atoms with Gasteiger partial charge in [0.05, 0.1) is 0 Å². The molecule has 6 atom stereocenters. The second-order valence-corrected chi connectivity index (χ2v) is 7.68. The first-order valence-electron chi connectivity index (χ1n) is 9.75. The molecule has 0 aromatic heterocycles. The minimum atomic E-state index is -1.80. The van der Waals surface area contributed by atoms with Crippen LogP contribution in [-0.2, 0) is 14.3 Å². The lowest BCUT2D eigenvalue weighted by Gasteiger charge is -2.38. The number of ether oxygens (including phenoxy) is 2. The van der Waals surface area contributed by atoms with Gasteiger partial charge in [0.15, 0.2) is 18.7 Å². The second-order valence-electron chi connectivity index (χ2n) is 7.68. The van der Waals surface area contributed by atoms with E-state index in [4.69, 9.17) is 14.6 Å². The molecular formula is C21H34O8. The van der Waals surface area contributed by atoms with Crippen LogP contribution in [0.3, 0.4) is 0 Å². The molecule has 1 saturated heterocycles. The first-order chi connectivity index (χ1) is 13.5. The van der Waals surface area contributed by atoms with Gasteiger partial charge in [-0.3, -0.25) is 0 Å². The smallest absolute Gasteiger partial charge is 0.335 e. The molecule has 8 nitrogen and oxygen atoms in total. The molecule has 1 aliphatic heterocycles. The van der Waals surface area contributed by atoms with Crippen molar-refractivity contribution < 1.29 is 39.8 Å². The largest absolute Gasteiger partial charge is 0.479 e. The van der Waals surface area contributed by atoms with Gasteiger partial charge in [-0.05, 0) is 59.5 Å². The SMILES string of the molecule is CC(C)=CCCC(C)=CCCC(C)=CC(O)OC1O[C@H](C(=O)O)[C@@H](O)[C@H](O)[C@H]1O. The Labute approximate surface area is 171 Å². The molecular weight excluding hydrogens is 380 g/mol. The average Bonchev–Trinajstić information content (AvgIpc) is 2.61. The highest BCUT2D eigenvalue weighted by molar-refractivity contribution is 5.73. The van der Waals surface area contributed by atoms with Crippen LogP contribution in [0.5, 0.6) is 0 Å². The van der Waals surface area contributed by atoms with Crippen LogP contribution < -0.4 is 0 Å². The molecule has 29 heavy (non-hydrogen) atoms. The lowest BCUT2D eigenvalue weighted by Crippen LogP contribution is -2.60. The molecule has 0 amide bonds. The number of hydrogen-bond acceptors (Lipinski definition) is 7. The molecule has 0 saturated carbocycles. The highest BCUT2D eigenvalue weighted by atomic mass is 16.7. The Hall–Kier alpha value is -1.55. The fraction of sp³-hybridized carbons (Fsp3) is 0.667. The quantitative estimate of drug-likeness (QED) is 0.269. The molecule has 2 unspecified atom stereocenters. The van der Waals surface area contributed by atoms with Crippen molar-refractivity contribution in [1.29, 1.82) is 0 Å². The van der Waals surface area contributed by atoms with E-state index in [0.717, 1.165) is 24.8 Å². The highest BCUT2D eigenvalue weighted by Crippen LogP contribution is 2.23. The van der Waals surface area contributed by atoms with E-state index in [1.165, 1.54) is 17.2 Å². The predicted octanol–water partition coefficient (Wildman–Crippen LogP) is 1.63. The predicted molar refractivity (Wildman–Crippen MR) is 107 cm³/mol. The first-order valence-corrected chi connectivity index (χ1v) is 9.75. The number of rotatable bonds is 10. The summed E-state index contributed by atoms with van der Waals surface area (Å²) < 4.78 is 10.1. The molecule has 0 bridgehead atoms. The van der Waals surface area contributed by atoms with Crippen LogP contribution in [-0.4, -0.2) is 68.5 Å². The molecule has 1 aliphatic rings. The third-order valence-electron chi connectivity index (χ3n) is 4.64. The van der Waals surface area contributed by atoms with Crippen molar-refractivity contribution in [3.05, 3.63) is 34.9 Å². The van der Waals surface area contributed by atoms with Gasteiger partial charge in [0, 0.05) is 0 Å². The summed E-state index contributed by atoms with van der Waals surface area (Å²) in [6.07, 6.45) is -0.841. The summed E-state index contributed by atoms with van der Waals surface area (Å²) in [6, 6.07) is 0. The van der Waals surface area contributed by atoms with E-state index in [0.29, 0.717) is 6.42 Å². The maximum absolute atomic E-state index is 11.1. The molecule has 166 valence electrons. The van der Waals surface area contributed by atoms with Crippen LogP contribution >= 0.6 is 0 Å². The lowest BCUT2D eigenvalue weighted by atomic mass is 9.99. The molecule has 0 radical (unpaired) electrons. The number of carboxylic acids is 1. The number of aliphatic carboxylic acids is 1. The third-order valence-corrected chi connectivity index (χ3v) is 4.64. The van der Waals surface area contributed by atoms with Crippen molar-refractivity contribution in [2.24, 2.45) is 0 Å². The van der Waals surface area contributed by atoms with Gasteiger partial charge in [0.2, 0.25) is 0 Å². The van der Waals surface area contributed by atoms with Crippen LogP contribution in [0.4, 0.5) is 0 Å². The van der Waals surface area contributed by atoms with Gasteiger partial charge in [-0.25, -0.2) is 4.79 Å². The van der Waals surface area contributed by atoms with E-state index in [1.54, 1.807) is 0 Å². The number of aliphatic hydroxyl groups is 4. The maximum Gasteiger partial charge on any atom is 0.335 e. The van der Waals surface area contributed by atoms with Gasteiger partial charge in [-0.15, -0.1) is 0 Å². The average molecular weight is 414 g/mol. The number of aliphatic hydroxyl groups excluding tert-OH is 4. The van der Waals surface area contributed by atoms with Crippen molar-refractivity contribution in [2.75, 3.05) is 0 Å². The number of hydrogen-bond donors (Lipinski definition) is 5. The zero-order valence-electron chi connectivity index (χ0n) is 17.5. The third kappa shape index (κ3) is 8.77. The zero-order chi connectivity index (χ0) is 22.1. The Kier molecular flexibility index (Phi) is 10.7. The Morgan fingerprint density at radius 3 is 2.14 bits per heavy atom. The lowest BCUT2D eigenvalue weighted by molar-refractivity contribution is -0.318. The molecule has 1 heterocycles. The number of allylic oxidation sites excluding steroid dienone is 5. The van der Waals surface area contributed by atoms with Gasteiger partial charge >= 0.3 is 5.97 Å². The number of carboxylic acid groups (broad SMARTS) is 1. The van der Waals surface area contributed by atoms with Gasteiger partial charge in [-0.2, -0.15) is 0 Å². The summed E-state index contributed by atoms with van der Waals surface area (Å²) in [4.78, 5) is 11.1. The van der Waals surface area contributed by atoms with Crippen molar-refractivity contribution in [2.45, 2.75) is 90.4 Å². The summed E-state index contributed by atoms with van der Waals surface area (Å²) in [5, 5.41) is 48.4. The summed E-state index contributed by atoms with van der Waals surface area (Å²) in [5.41, 5.74) is 3.43. The molecule has 0 aromatic carbocycles. The molecule has 0 aliphatic carbocycles. The van der Waals surface area contributed by atoms with Crippen LogP contribution in [0, 0.1) is 0 Å². The van der Waals surface area contributed by atoms with Crippen LogP contribution in [0.25, 0.3) is 0 Å². The maximum atomic E-state index is 11.1. The topological polar surface area (TPSA) is 137 Å². The molecule has 0 spiro atoms. The van der Waals surface area contributed by atoms with Crippen molar-refractivity contribution >= 4 is 5.97 Å². The Bertz CT molecular complexity index is 620. The normalized spacial score (nSPS) is 29.4. The van der Waals surface area contributed by atoms with E-state index < -0.39 is 43.0 Å². The molecule has 8 heteroatoms. The zero-order valence-corrected chi connectivity index (χ0v) is 17.5. The van der Waals surface area contributed by atoms with Crippen molar-refractivity contribution in [3.8, 4) is 0 Å². The highest BCUT2D eigenvalue weighted by Gasteiger charge is 2.47. The van der Waals surface area contributed by atoms with E-state index in [1.807, 2.05) is 6.92 Å². The number of carbonyl (C=O) groups is 1. The van der Waals surface area contributed by atoms with Gasteiger partial charge < -0.3 is 35.0 Å². The van der Waals surface area contributed by atoms with E-state index in [-0.39, 0.29) is 0 Å². The van der Waals surface area contributed by atoms with Gasteiger partial charge in [0.25, 0.3) is 0 Å². The minimum Gasteiger partial charge on any atom is -0.479 e. The Morgan fingerprint density at radius 2 is 1.55 bits per heavy atom. The van der Waals surface area contributed by atoms with E-state index >= 15 is 0 Å². The second kappa shape index (κ2) is 12.2. The standard InChI is InChI=1S/C21H34O8/c1-12(2)7-5-8-13(3)9-6-10-14(4)11-15(22)28-21-18(25)16(23)17(24)19(29-21)20(26)27/h7,9,11,15-19,21-25H,5-6,8,10H2,1-4H3,(H,26,27)/t15?,16-,17-,18+,19-,21?/m0/s1. The molecule has 5 N–H and O–H groups in total. The van der Waals surface area contributed by atoms with Crippen LogP contribution in [0.1, 0.15) is 53.4 Å². The fourth-order valence-corrected chi connectivity index (χ4v) is 2.90. The Morgan fingerprint density at radius 1 is 0.966 bits per heavy atom. The van der Waals surface area contributed by atoms with E-state index in [9.17, 15) is 25.2 Å². The molecule has 1 rings (SSSR count). The van der Waals surface area contributed by atoms with Crippen LogP contribution in [0.15, 0.2) is 34.9 Å². The van der Waals surface area contributed by atoms with Crippen molar-refractivity contribution in [3.63, 3.8) is 0 Å². The monoisotopic (exact) mass is 414 g/mol. The van der Waals surface area contributed by atoms with Gasteiger partial charge in [-0.1, -0.05) is 28.9 Å². The fourth-order valence-electron chi connectivity index (χ4n) is 2.90. The summed E-state index contributed by atoms with van der Waals surface area (Å²) in [6.45, 7) is 8.04. The molecule has 1 fully saturated rings.